The lowest BCUT2D eigenvalue weighted by Gasteiger charge is -2.24. The van der Waals surface area contributed by atoms with Crippen molar-refractivity contribution in [1.82, 2.24) is 14.8 Å². The average molecular weight is 379 g/mol. The fraction of sp³-hybridized carbons (Fsp3) is 0.500. The minimum atomic E-state index is -0.0687. The van der Waals surface area contributed by atoms with Gasteiger partial charge >= 0.3 is 0 Å². The first kappa shape index (κ1) is 18.3. The molecule has 0 unspecified atom stereocenters. The first-order valence-corrected chi connectivity index (χ1v) is 10.0. The zero-order valence-corrected chi connectivity index (χ0v) is 16.2. The number of halogens is 1. The van der Waals surface area contributed by atoms with Crippen molar-refractivity contribution in [2.75, 3.05) is 11.1 Å². The molecule has 7 heteroatoms. The van der Waals surface area contributed by atoms with Gasteiger partial charge in [0.1, 0.15) is 5.82 Å². The molecule has 5 nitrogen and oxygen atoms in total. The summed E-state index contributed by atoms with van der Waals surface area (Å²) in [4.78, 5) is 12.2. The Labute approximate surface area is 157 Å². The van der Waals surface area contributed by atoms with Gasteiger partial charge in [-0.2, -0.15) is 0 Å². The molecule has 1 aromatic heterocycles. The second-order valence-electron chi connectivity index (χ2n) is 6.49. The molecule has 3 rings (SSSR count). The van der Waals surface area contributed by atoms with Crippen LogP contribution in [-0.2, 0) is 4.79 Å². The summed E-state index contributed by atoms with van der Waals surface area (Å²) in [6, 6.07) is 5.99. The number of amides is 1. The molecule has 0 radical (unpaired) electrons. The van der Waals surface area contributed by atoms with Gasteiger partial charge in [0.05, 0.1) is 5.75 Å². The lowest BCUT2D eigenvalue weighted by molar-refractivity contribution is -0.113. The Morgan fingerprint density at radius 1 is 1.28 bits per heavy atom. The molecule has 1 aliphatic carbocycles. The van der Waals surface area contributed by atoms with Crippen LogP contribution in [0.15, 0.2) is 23.4 Å². The molecule has 1 amide bonds. The van der Waals surface area contributed by atoms with Gasteiger partial charge in [-0.25, -0.2) is 0 Å². The lowest BCUT2D eigenvalue weighted by atomic mass is 9.95. The van der Waals surface area contributed by atoms with Gasteiger partial charge in [0.15, 0.2) is 5.16 Å². The number of hydrogen-bond donors (Lipinski definition) is 1. The minimum Gasteiger partial charge on any atom is -0.325 e. The predicted molar refractivity (Wildman–Crippen MR) is 102 cm³/mol. The summed E-state index contributed by atoms with van der Waals surface area (Å²) < 4.78 is 2.21. The van der Waals surface area contributed by atoms with E-state index in [4.69, 9.17) is 11.6 Å². The Morgan fingerprint density at radius 3 is 2.76 bits per heavy atom. The van der Waals surface area contributed by atoms with Gasteiger partial charge in [0.2, 0.25) is 5.91 Å². The van der Waals surface area contributed by atoms with Crippen molar-refractivity contribution in [3.05, 3.63) is 34.6 Å². The number of anilines is 1. The van der Waals surface area contributed by atoms with Gasteiger partial charge in [0, 0.05) is 16.8 Å². The third-order valence-corrected chi connectivity index (χ3v) is 5.91. The molecule has 0 bridgehead atoms. The molecule has 0 saturated heterocycles. The van der Waals surface area contributed by atoms with Crippen LogP contribution < -0.4 is 5.32 Å². The molecule has 1 aromatic carbocycles. The van der Waals surface area contributed by atoms with Crippen molar-refractivity contribution in [3.63, 3.8) is 0 Å². The van der Waals surface area contributed by atoms with Crippen molar-refractivity contribution in [1.29, 1.82) is 0 Å². The van der Waals surface area contributed by atoms with E-state index < -0.39 is 0 Å². The fourth-order valence-electron chi connectivity index (χ4n) is 3.21. The van der Waals surface area contributed by atoms with E-state index in [1.807, 2.05) is 26.0 Å². The zero-order chi connectivity index (χ0) is 17.8. The van der Waals surface area contributed by atoms with E-state index in [1.165, 1.54) is 43.9 Å². The number of rotatable bonds is 5. The number of carbonyl (C=O) groups excluding carboxylic acids is 1. The van der Waals surface area contributed by atoms with Crippen LogP contribution in [0.1, 0.15) is 49.5 Å². The summed E-state index contributed by atoms with van der Waals surface area (Å²) in [6.07, 6.45) is 6.14. The number of hydrogen-bond acceptors (Lipinski definition) is 4. The van der Waals surface area contributed by atoms with E-state index in [-0.39, 0.29) is 5.91 Å². The van der Waals surface area contributed by atoms with Gasteiger partial charge in [-0.05, 0) is 44.4 Å². The first-order valence-electron chi connectivity index (χ1n) is 8.65. The lowest BCUT2D eigenvalue weighted by Crippen LogP contribution is -2.17. The van der Waals surface area contributed by atoms with Crippen LogP contribution in [-0.4, -0.2) is 26.4 Å². The molecule has 1 heterocycles. The maximum atomic E-state index is 12.2. The van der Waals surface area contributed by atoms with Crippen LogP contribution in [0, 0.1) is 13.8 Å². The Hall–Kier alpha value is -1.53. The highest BCUT2D eigenvalue weighted by Gasteiger charge is 2.21. The third-order valence-electron chi connectivity index (χ3n) is 4.56. The molecule has 1 saturated carbocycles. The van der Waals surface area contributed by atoms with Gasteiger partial charge in [-0.3, -0.25) is 4.79 Å². The summed E-state index contributed by atoms with van der Waals surface area (Å²) in [7, 11) is 0. The van der Waals surface area contributed by atoms with Crippen LogP contribution >= 0.6 is 23.4 Å². The Morgan fingerprint density at radius 2 is 2.04 bits per heavy atom. The molecule has 2 aromatic rings. The number of benzene rings is 1. The monoisotopic (exact) mass is 378 g/mol. The molecule has 0 spiro atoms. The summed E-state index contributed by atoms with van der Waals surface area (Å²) in [5.74, 6) is 1.16. The third kappa shape index (κ3) is 4.55. The molecular weight excluding hydrogens is 356 g/mol. The zero-order valence-electron chi connectivity index (χ0n) is 14.6. The highest BCUT2D eigenvalue weighted by atomic mass is 35.5. The molecule has 0 aliphatic heterocycles. The van der Waals surface area contributed by atoms with E-state index in [1.54, 1.807) is 6.07 Å². The number of aromatic nitrogens is 3. The molecule has 25 heavy (non-hydrogen) atoms. The Kier molecular flexibility index (Phi) is 6.02. The van der Waals surface area contributed by atoms with E-state index in [9.17, 15) is 4.79 Å². The molecule has 134 valence electrons. The SMILES string of the molecule is Cc1ccc(NC(=O)CSc2nnc(C)n2C2CCCCC2)cc1Cl. The second kappa shape index (κ2) is 8.23. The summed E-state index contributed by atoms with van der Waals surface area (Å²) >= 11 is 7.54. The fourth-order valence-corrected chi connectivity index (χ4v) is 4.24. The first-order chi connectivity index (χ1) is 12.0. The van der Waals surface area contributed by atoms with Crippen LogP contribution in [0.2, 0.25) is 5.02 Å². The maximum absolute atomic E-state index is 12.2. The van der Waals surface area contributed by atoms with E-state index in [2.05, 4.69) is 20.1 Å². The van der Waals surface area contributed by atoms with Crippen LogP contribution in [0.25, 0.3) is 0 Å². The number of aryl methyl sites for hydroxylation is 2. The second-order valence-corrected chi connectivity index (χ2v) is 7.84. The highest BCUT2D eigenvalue weighted by Crippen LogP contribution is 2.32. The van der Waals surface area contributed by atoms with Crippen molar-refractivity contribution >= 4 is 35.0 Å². The standard InChI is InChI=1S/C18H23ClN4OS/c1-12-8-9-14(10-16(12)19)20-17(24)11-25-18-22-21-13(2)23(18)15-6-4-3-5-7-15/h8-10,15H,3-7,11H2,1-2H3,(H,20,24). The van der Waals surface area contributed by atoms with Gasteiger partial charge in [0.25, 0.3) is 0 Å². The van der Waals surface area contributed by atoms with Crippen molar-refractivity contribution in [2.24, 2.45) is 0 Å². The smallest absolute Gasteiger partial charge is 0.234 e. The Balaban J connectivity index is 1.61. The van der Waals surface area contributed by atoms with E-state index in [0.717, 1.165) is 16.5 Å². The topological polar surface area (TPSA) is 59.8 Å². The maximum Gasteiger partial charge on any atom is 0.234 e. The van der Waals surface area contributed by atoms with Gasteiger partial charge in [-0.1, -0.05) is 48.7 Å². The van der Waals surface area contributed by atoms with Crippen LogP contribution in [0.4, 0.5) is 5.69 Å². The molecular formula is C18H23ClN4OS. The minimum absolute atomic E-state index is 0.0687. The average Bonchev–Trinajstić information content (AvgIpc) is 2.98. The van der Waals surface area contributed by atoms with Gasteiger partial charge in [-0.15, -0.1) is 10.2 Å². The largest absolute Gasteiger partial charge is 0.325 e. The Bertz CT molecular complexity index is 756. The molecule has 1 fully saturated rings. The number of carbonyl (C=O) groups is 1. The summed E-state index contributed by atoms with van der Waals surface area (Å²) in [6.45, 7) is 3.92. The van der Waals surface area contributed by atoms with Crippen LogP contribution in [0.5, 0.6) is 0 Å². The van der Waals surface area contributed by atoms with Crippen molar-refractivity contribution < 1.29 is 4.79 Å². The number of nitrogens with one attached hydrogen (secondary N) is 1. The quantitative estimate of drug-likeness (QED) is 0.760. The van der Waals surface area contributed by atoms with E-state index in [0.29, 0.717) is 22.5 Å². The molecule has 1 aliphatic rings. The number of thioether (sulfide) groups is 1. The normalized spacial score (nSPS) is 15.3. The highest BCUT2D eigenvalue weighted by molar-refractivity contribution is 7.99. The van der Waals surface area contributed by atoms with Crippen molar-refractivity contribution in [3.8, 4) is 0 Å². The summed E-state index contributed by atoms with van der Waals surface area (Å²) in [5.41, 5.74) is 1.70. The van der Waals surface area contributed by atoms with Crippen molar-refractivity contribution in [2.45, 2.75) is 57.1 Å². The predicted octanol–water partition coefficient (Wildman–Crippen LogP) is 4.78. The van der Waals surface area contributed by atoms with Gasteiger partial charge < -0.3 is 9.88 Å². The molecule has 1 N–H and O–H groups in total. The van der Waals surface area contributed by atoms with Crippen LogP contribution in [0.3, 0.4) is 0 Å². The summed E-state index contributed by atoms with van der Waals surface area (Å²) in [5, 5.41) is 12.9. The van der Waals surface area contributed by atoms with E-state index >= 15 is 0 Å². The molecule has 0 atom stereocenters. The number of nitrogens with zero attached hydrogens (tertiary/aromatic N) is 3.